The lowest BCUT2D eigenvalue weighted by molar-refractivity contribution is -0.0367. The Balaban J connectivity index is 1.31. The molecule has 2 aromatic rings. The number of guanidine groups is 1. The van der Waals surface area contributed by atoms with Gasteiger partial charge in [-0.25, -0.2) is 9.67 Å². The van der Waals surface area contributed by atoms with Crippen molar-refractivity contribution in [2.75, 3.05) is 32.8 Å². The van der Waals surface area contributed by atoms with Crippen molar-refractivity contribution in [1.82, 2.24) is 20.0 Å². The van der Waals surface area contributed by atoms with E-state index in [1.54, 1.807) is 6.20 Å². The number of aromatic nitrogens is 2. The second-order valence-corrected chi connectivity index (χ2v) is 7.95. The zero-order valence-corrected chi connectivity index (χ0v) is 17.9. The van der Waals surface area contributed by atoms with Gasteiger partial charge in [0.25, 0.3) is 0 Å². The van der Waals surface area contributed by atoms with Crippen LogP contribution < -0.4 is 5.32 Å². The minimum atomic E-state index is 0.305. The van der Waals surface area contributed by atoms with Crippen LogP contribution in [0.2, 0.25) is 0 Å². The van der Waals surface area contributed by atoms with Gasteiger partial charge in [0.15, 0.2) is 5.96 Å². The zero-order valence-electron chi connectivity index (χ0n) is 17.9. The molecule has 0 aliphatic carbocycles. The van der Waals surface area contributed by atoms with Crippen molar-refractivity contribution in [2.24, 2.45) is 4.99 Å². The molecular formula is C23H33N5O2. The first-order valence-electron chi connectivity index (χ1n) is 11.2. The number of hydrogen-bond acceptors (Lipinski definition) is 4. The first-order chi connectivity index (χ1) is 14.8. The van der Waals surface area contributed by atoms with Gasteiger partial charge in [-0.15, -0.1) is 0 Å². The minimum absolute atomic E-state index is 0.305. The van der Waals surface area contributed by atoms with Gasteiger partial charge in [-0.3, -0.25) is 0 Å². The molecule has 1 aromatic heterocycles. The van der Waals surface area contributed by atoms with E-state index in [4.69, 9.17) is 14.5 Å². The number of nitrogens with zero attached hydrogens (tertiary/aromatic N) is 4. The van der Waals surface area contributed by atoms with Crippen LogP contribution in [0.4, 0.5) is 0 Å². The van der Waals surface area contributed by atoms with E-state index in [0.29, 0.717) is 18.8 Å². The van der Waals surface area contributed by atoms with Crippen molar-refractivity contribution in [1.29, 1.82) is 0 Å². The molecule has 0 amide bonds. The Kier molecular flexibility index (Phi) is 7.37. The molecule has 2 saturated heterocycles. The second kappa shape index (κ2) is 10.6. The normalized spacial score (nSPS) is 20.6. The Morgan fingerprint density at radius 2 is 2.17 bits per heavy atom. The van der Waals surface area contributed by atoms with Gasteiger partial charge in [0, 0.05) is 38.6 Å². The molecule has 3 heterocycles. The lowest BCUT2D eigenvalue weighted by atomic mass is 10.1. The Hall–Kier alpha value is -2.38. The van der Waals surface area contributed by atoms with Gasteiger partial charge in [0.2, 0.25) is 0 Å². The van der Waals surface area contributed by atoms with E-state index in [2.05, 4.69) is 46.5 Å². The third-order valence-corrected chi connectivity index (χ3v) is 5.71. The fourth-order valence-electron chi connectivity index (χ4n) is 4.06. The van der Waals surface area contributed by atoms with E-state index in [1.165, 1.54) is 12.0 Å². The number of likely N-dealkylation sites (tertiary alicyclic amines) is 1. The average Bonchev–Trinajstić information content (AvgIpc) is 3.50. The molecule has 0 saturated carbocycles. The fourth-order valence-corrected chi connectivity index (χ4v) is 4.06. The van der Waals surface area contributed by atoms with Crippen molar-refractivity contribution in [3.63, 3.8) is 0 Å². The van der Waals surface area contributed by atoms with Gasteiger partial charge < -0.3 is 19.7 Å². The van der Waals surface area contributed by atoms with Gasteiger partial charge in [-0.2, -0.15) is 5.10 Å². The maximum atomic E-state index is 6.11. The highest BCUT2D eigenvalue weighted by molar-refractivity contribution is 5.80. The molecular weight excluding hydrogens is 378 g/mol. The molecule has 0 radical (unpaired) electrons. The second-order valence-electron chi connectivity index (χ2n) is 7.95. The van der Waals surface area contributed by atoms with Gasteiger partial charge in [-0.1, -0.05) is 12.1 Å². The van der Waals surface area contributed by atoms with Crippen LogP contribution in [0.3, 0.4) is 0 Å². The highest BCUT2D eigenvalue weighted by Gasteiger charge is 2.24. The molecule has 2 fully saturated rings. The predicted molar refractivity (Wildman–Crippen MR) is 118 cm³/mol. The van der Waals surface area contributed by atoms with Crippen molar-refractivity contribution in [3.05, 3.63) is 48.3 Å². The van der Waals surface area contributed by atoms with E-state index < -0.39 is 0 Å². The summed E-state index contributed by atoms with van der Waals surface area (Å²) in [5, 5.41) is 7.77. The molecule has 2 aliphatic rings. The highest BCUT2D eigenvalue weighted by atomic mass is 16.5. The number of nitrogens with one attached hydrogen (secondary N) is 1. The van der Waals surface area contributed by atoms with Gasteiger partial charge in [0.1, 0.15) is 0 Å². The van der Waals surface area contributed by atoms with Crippen molar-refractivity contribution in [3.8, 4) is 5.69 Å². The van der Waals surface area contributed by atoms with Crippen LogP contribution in [0.15, 0.2) is 47.7 Å². The Morgan fingerprint density at radius 1 is 1.27 bits per heavy atom. The van der Waals surface area contributed by atoms with Crippen LogP contribution in [-0.4, -0.2) is 65.7 Å². The summed E-state index contributed by atoms with van der Waals surface area (Å²) >= 11 is 0. The third-order valence-electron chi connectivity index (χ3n) is 5.71. The highest BCUT2D eigenvalue weighted by Crippen LogP contribution is 2.18. The quantitative estimate of drug-likeness (QED) is 0.561. The molecule has 30 heavy (non-hydrogen) atoms. The summed E-state index contributed by atoms with van der Waals surface area (Å²) in [6.07, 6.45) is 8.76. The van der Waals surface area contributed by atoms with Crippen molar-refractivity contribution < 1.29 is 9.47 Å². The van der Waals surface area contributed by atoms with E-state index in [0.717, 1.165) is 63.8 Å². The minimum Gasteiger partial charge on any atom is -0.376 e. The Labute approximate surface area is 179 Å². The molecule has 1 aromatic carbocycles. The molecule has 7 nitrogen and oxygen atoms in total. The lowest BCUT2D eigenvalue weighted by Crippen LogP contribution is -2.47. The smallest absolute Gasteiger partial charge is 0.194 e. The number of ether oxygens (including phenoxy) is 2. The maximum Gasteiger partial charge on any atom is 0.194 e. The standard InChI is InChI=1S/C23H33N5O2/c1-2-24-23(25-17-19-6-3-7-20(16-19)28-12-5-11-26-28)27-13-9-21(10-14-27)30-18-22-8-4-15-29-22/h3,5-7,11-12,16,21-22H,2,4,8-10,13-15,17-18H2,1H3,(H,24,25). The molecule has 7 heteroatoms. The zero-order chi connectivity index (χ0) is 20.6. The van der Waals surface area contributed by atoms with Crippen molar-refractivity contribution in [2.45, 2.75) is 51.4 Å². The molecule has 0 spiro atoms. The van der Waals surface area contributed by atoms with Crippen LogP contribution in [0.1, 0.15) is 38.2 Å². The average molecular weight is 412 g/mol. The topological polar surface area (TPSA) is 63.9 Å². The van der Waals surface area contributed by atoms with E-state index in [-0.39, 0.29) is 0 Å². The van der Waals surface area contributed by atoms with Crippen molar-refractivity contribution >= 4 is 5.96 Å². The summed E-state index contributed by atoms with van der Waals surface area (Å²) in [6, 6.07) is 10.3. The Bertz CT molecular complexity index is 794. The predicted octanol–water partition coefficient (Wildman–Crippen LogP) is 3.00. The largest absolute Gasteiger partial charge is 0.376 e. The summed E-state index contributed by atoms with van der Waals surface area (Å²) in [7, 11) is 0. The molecule has 4 rings (SSSR count). The SMILES string of the molecule is CCNC(=NCc1cccc(-n2cccn2)c1)N1CCC(OCC2CCCO2)CC1. The number of aliphatic imine (C=N–C) groups is 1. The van der Waals surface area contributed by atoms with Gasteiger partial charge >= 0.3 is 0 Å². The molecule has 1 unspecified atom stereocenters. The van der Waals surface area contributed by atoms with Crippen LogP contribution in [-0.2, 0) is 16.0 Å². The molecule has 0 bridgehead atoms. The van der Waals surface area contributed by atoms with Crippen LogP contribution in [0.5, 0.6) is 0 Å². The lowest BCUT2D eigenvalue weighted by Gasteiger charge is -2.34. The van der Waals surface area contributed by atoms with Crippen LogP contribution in [0, 0.1) is 0 Å². The summed E-state index contributed by atoms with van der Waals surface area (Å²) in [4.78, 5) is 7.26. The number of hydrogen-bond donors (Lipinski definition) is 1. The summed E-state index contributed by atoms with van der Waals surface area (Å²) in [5.41, 5.74) is 2.23. The number of piperidine rings is 1. The molecule has 1 atom stereocenters. The fraction of sp³-hybridized carbons (Fsp3) is 0.565. The molecule has 2 aliphatic heterocycles. The van der Waals surface area contributed by atoms with Gasteiger partial charge in [-0.05, 0) is 56.4 Å². The molecule has 1 N–H and O–H groups in total. The summed E-state index contributed by atoms with van der Waals surface area (Å²) in [5.74, 6) is 0.986. The molecule has 162 valence electrons. The van der Waals surface area contributed by atoms with Gasteiger partial charge in [0.05, 0.1) is 31.0 Å². The number of rotatable bonds is 7. The maximum absolute atomic E-state index is 6.11. The van der Waals surface area contributed by atoms with E-state index in [9.17, 15) is 0 Å². The van der Waals surface area contributed by atoms with Crippen LogP contribution in [0.25, 0.3) is 5.69 Å². The number of benzene rings is 1. The summed E-state index contributed by atoms with van der Waals surface area (Å²) in [6.45, 7) is 7.19. The first-order valence-corrected chi connectivity index (χ1v) is 11.2. The van der Waals surface area contributed by atoms with E-state index in [1.807, 2.05) is 16.9 Å². The Morgan fingerprint density at radius 3 is 2.90 bits per heavy atom. The van der Waals surface area contributed by atoms with E-state index >= 15 is 0 Å². The summed E-state index contributed by atoms with van der Waals surface area (Å²) < 4.78 is 13.7. The van der Waals surface area contributed by atoms with Crippen LogP contribution >= 0.6 is 0 Å². The first kappa shape index (κ1) is 20.9. The monoisotopic (exact) mass is 411 g/mol. The third kappa shape index (κ3) is 5.61.